The van der Waals surface area contributed by atoms with Gasteiger partial charge < -0.3 is 10.2 Å². The molecule has 0 amide bonds. The molecule has 1 aromatic heterocycles. The first-order chi connectivity index (χ1) is 9.60. The average molecular weight is 276 g/mol. The van der Waals surface area contributed by atoms with E-state index >= 15 is 0 Å². The van der Waals surface area contributed by atoms with Gasteiger partial charge in [0.15, 0.2) is 0 Å². The van der Waals surface area contributed by atoms with E-state index in [-0.39, 0.29) is 0 Å². The van der Waals surface area contributed by atoms with Crippen molar-refractivity contribution in [1.82, 2.24) is 9.97 Å². The molecule has 1 aromatic rings. The van der Waals surface area contributed by atoms with Gasteiger partial charge >= 0.3 is 0 Å². The first kappa shape index (κ1) is 15.1. The highest BCUT2D eigenvalue weighted by atomic mass is 15.3. The van der Waals surface area contributed by atoms with Crippen LogP contribution in [-0.2, 0) is 0 Å². The molecular formula is C16H28N4. The van der Waals surface area contributed by atoms with Crippen molar-refractivity contribution in [3.63, 3.8) is 0 Å². The van der Waals surface area contributed by atoms with Gasteiger partial charge in [0.05, 0.1) is 0 Å². The van der Waals surface area contributed by atoms with Gasteiger partial charge in [0.1, 0.15) is 5.82 Å². The van der Waals surface area contributed by atoms with E-state index in [9.17, 15) is 0 Å². The van der Waals surface area contributed by atoms with Gasteiger partial charge in [-0.1, -0.05) is 20.8 Å². The smallest absolute Gasteiger partial charge is 0.227 e. The summed E-state index contributed by atoms with van der Waals surface area (Å²) in [6.07, 6.45) is 5.02. The van der Waals surface area contributed by atoms with Crippen LogP contribution >= 0.6 is 0 Å². The summed E-state index contributed by atoms with van der Waals surface area (Å²) in [6, 6.07) is 2.64. The highest BCUT2D eigenvalue weighted by Crippen LogP contribution is 2.25. The van der Waals surface area contributed by atoms with Crippen LogP contribution in [0.2, 0.25) is 0 Å². The van der Waals surface area contributed by atoms with Gasteiger partial charge in [0.2, 0.25) is 5.95 Å². The molecule has 1 aliphatic rings. The Morgan fingerprint density at radius 1 is 1.35 bits per heavy atom. The second-order valence-electron chi connectivity index (χ2n) is 6.22. The Morgan fingerprint density at radius 2 is 2.15 bits per heavy atom. The topological polar surface area (TPSA) is 41.1 Å². The van der Waals surface area contributed by atoms with E-state index in [1.165, 1.54) is 25.7 Å². The number of anilines is 2. The largest absolute Gasteiger partial charge is 0.370 e. The molecule has 1 saturated heterocycles. The van der Waals surface area contributed by atoms with Crippen LogP contribution in [-0.4, -0.2) is 29.1 Å². The zero-order valence-electron chi connectivity index (χ0n) is 13.3. The van der Waals surface area contributed by atoms with E-state index in [0.29, 0.717) is 12.0 Å². The lowest BCUT2D eigenvalue weighted by molar-refractivity contribution is 0.443. The van der Waals surface area contributed by atoms with Crippen LogP contribution in [0.15, 0.2) is 6.07 Å². The summed E-state index contributed by atoms with van der Waals surface area (Å²) in [5.41, 5.74) is 1.04. The molecule has 20 heavy (non-hydrogen) atoms. The molecule has 2 rings (SSSR count). The number of hydrogen-bond acceptors (Lipinski definition) is 4. The molecule has 112 valence electrons. The van der Waals surface area contributed by atoms with E-state index < -0.39 is 0 Å². The summed E-state index contributed by atoms with van der Waals surface area (Å²) in [6.45, 7) is 10.8. The Labute approximate surface area is 123 Å². The SMILES string of the molecule is CCC1CCCCN1c1nc(C)cc(NCC(C)C)n1. The Balaban J connectivity index is 2.17. The van der Waals surface area contributed by atoms with Crippen molar-refractivity contribution < 1.29 is 0 Å². The Kier molecular flexibility index (Phi) is 5.21. The summed E-state index contributed by atoms with van der Waals surface area (Å²) in [7, 11) is 0. The van der Waals surface area contributed by atoms with Crippen molar-refractivity contribution >= 4 is 11.8 Å². The maximum Gasteiger partial charge on any atom is 0.227 e. The molecule has 0 spiro atoms. The second-order valence-corrected chi connectivity index (χ2v) is 6.22. The molecule has 1 aliphatic heterocycles. The minimum absolute atomic E-state index is 0.600. The van der Waals surface area contributed by atoms with Gasteiger partial charge in [0.25, 0.3) is 0 Å². The summed E-state index contributed by atoms with van der Waals surface area (Å²) in [5, 5.41) is 3.42. The van der Waals surface area contributed by atoms with Crippen molar-refractivity contribution in [2.45, 2.75) is 59.4 Å². The normalized spacial score (nSPS) is 19.4. The van der Waals surface area contributed by atoms with Crippen molar-refractivity contribution in [3.8, 4) is 0 Å². The van der Waals surface area contributed by atoms with Crippen LogP contribution in [0, 0.1) is 12.8 Å². The predicted molar refractivity (Wildman–Crippen MR) is 85.4 cm³/mol. The second kappa shape index (κ2) is 6.91. The number of aryl methyl sites for hydroxylation is 1. The third-order valence-electron chi connectivity index (χ3n) is 3.89. The van der Waals surface area contributed by atoms with Crippen LogP contribution in [0.3, 0.4) is 0 Å². The summed E-state index contributed by atoms with van der Waals surface area (Å²) >= 11 is 0. The fourth-order valence-electron chi connectivity index (χ4n) is 2.77. The molecular weight excluding hydrogens is 248 g/mol. The molecule has 0 radical (unpaired) electrons. The molecule has 0 bridgehead atoms. The molecule has 4 heteroatoms. The van der Waals surface area contributed by atoms with Gasteiger partial charge in [-0.05, 0) is 38.5 Å². The zero-order chi connectivity index (χ0) is 14.5. The van der Waals surface area contributed by atoms with Gasteiger partial charge in [-0.3, -0.25) is 0 Å². The summed E-state index contributed by atoms with van der Waals surface area (Å²) < 4.78 is 0. The lowest BCUT2D eigenvalue weighted by Gasteiger charge is -2.35. The van der Waals surface area contributed by atoms with E-state index in [4.69, 9.17) is 4.98 Å². The number of nitrogens with one attached hydrogen (secondary N) is 1. The maximum absolute atomic E-state index is 4.73. The predicted octanol–water partition coefficient (Wildman–Crippen LogP) is 3.62. The van der Waals surface area contributed by atoms with Crippen molar-refractivity contribution in [1.29, 1.82) is 0 Å². The number of nitrogens with zero attached hydrogens (tertiary/aromatic N) is 3. The highest BCUT2D eigenvalue weighted by molar-refractivity contribution is 5.44. The van der Waals surface area contributed by atoms with E-state index in [2.05, 4.69) is 42.9 Å². The van der Waals surface area contributed by atoms with E-state index in [1.807, 2.05) is 6.07 Å². The fraction of sp³-hybridized carbons (Fsp3) is 0.750. The number of rotatable bonds is 5. The Bertz CT molecular complexity index is 430. The molecule has 1 fully saturated rings. The van der Waals surface area contributed by atoms with Crippen LogP contribution in [0.1, 0.15) is 52.1 Å². The van der Waals surface area contributed by atoms with E-state index in [0.717, 1.165) is 30.5 Å². The monoisotopic (exact) mass is 276 g/mol. The lowest BCUT2D eigenvalue weighted by Crippen LogP contribution is -2.40. The molecule has 1 N–H and O–H groups in total. The molecule has 4 nitrogen and oxygen atoms in total. The van der Waals surface area contributed by atoms with Gasteiger partial charge in [-0.25, -0.2) is 4.98 Å². The highest BCUT2D eigenvalue weighted by Gasteiger charge is 2.23. The first-order valence-corrected chi connectivity index (χ1v) is 7.96. The minimum Gasteiger partial charge on any atom is -0.370 e. The fourth-order valence-corrected chi connectivity index (χ4v) is 2.77. The Morgan fingerprint density at radius 3 is 2.85 bits per heavy atom. The van der Waals surface area contributed by atoms with Crippen LogP contribution < -0.4 is 10.2 Å². The minimum atomic E-state index is 0.600. The molecule has 0 aliphatic carbocycles. The lowest BCUT2D eigenvalue weighted by atomic mass is 10.0. The molecule has 1 atom stereocenters. The quantitative estimate of drug-likeness (QED) is 0.891. The number of hydrogen-bond donors (Lipinski definition) is 1. The maximum atomic E-state index is 4.73. The molecule has 1 unspecified atom stereocenters. The van der Waals surface area contributed by atoms with Crippen LogP contribution in [0.25, 0.3) is 0 Å². The zero-order valence-corrected chi connectivity index (χ0v) is 13.3. The first-order valence-electron chi connectivity index (χ1n) is 7.96. The van der Waals surface area contributed by atoms with Gasteiger partial charge in [-0.2, -0.15) is 4.98 Å². The molecule has 0 saturated carbocycles. The third-order valence-corrected chi connectivity index (χ3v) is 3.89. The number of piperidine rings is 1. The Hall–Kier alpha value is -1.32. The van der Waals surface area contributed by atoms with Gasteiger partial charge in [0, 0.05) is 30.9 Å². The third kappa shape index (κ3) is 3.84. The van der Waals surface area contributed by atoms with E-state index in [1.54, 1.807) is 0 Å². The molecule has 2 heterocycles. The van der Waals surface area contributed by atoms with Gasteiger partial charge in [-0.15, -0.1) is 0 Å². The van der Waals surface area contributed by atoms with Crippen LogP contribution in [0.4, 0.5) is 11.8 Å². The summed E-state index contributed by atoms with van der Waals surface area (Å²) in [5.74, 6) is 2.48. The van der Waals surface area contributed by atoms with Crippen molar-refractivity contribution in [2.75, 3.05) is 23.3 Å². The standard InChI is InChI=1S/C16H28N4/c1-5-14-8-6-7-9-20(14)16-18-13(4)10-15(19-16)17-11-12(2)3/h10,12,14H,5-9,11H2,1-4H3,(H,17,18,19). The number of aromatic nitrogens is 2. The van der Waals surface area contributed by atoms with Crippen molar-refractivity contribution in [3.05, 3.63) is 11.8 Å². The molecule has 0 aromatic carbocycles. The van der Waals surface area contributed by atoms with Crippen LogP contribution in [0.5, 0.6) is 0 Å². The van der Waals surface area contributed by atoms with Crippen molar-refractivity contribution in [2.24, 2.45) is 5.92 Å². The average Bonchev–Trinajstić information content (AvgIpc) is 2.44. The summed E-state index contributed by atoms with van der Waals surface area (Å²) in [4.78, 5) is 11.8.